The molecule has 4 aromatic carbocycles. The number of H-pyrrole nitrogens is 2. The molecule has 172 valence electrons. The van der Waals surface area contributed by atoms with Crippen molar-refractivity contribution in [2.24, 2.45) is 0 Å². The van der Waals surface area contributed by atoms with Gasteiger partial charge in [-0.25, -0.2) is 18.4 Å². The molecule has 3 N–H and O–H groups in total. The summed E-state index contributed by atoms with van der Waals surface area (Å²) in [5.74, 6) is 1.97. The maximum atomic E-state index is 8.59. The lowest BCUT2D eigenvalue weighted by atomic mass is 9.83. The van der Waals surface area contributed by atoms with Crippen molar-refractivity contribution in [1.29, 1.82) is 0 Å². The van der Waals surface area contributed by atoms with E-state index in [1.165, 1.54) is 21.9 Å². The Morgan fingerprint density at radius 1 is 0.771 bits per heavy atom. The third kappa shape index (κ3) is 3.78. The number of para-hydroxylation sites is 4. The number of nitrogens with zero attached hydrogens (tertiary/aromatic N) is 2. The number of fused-ring (bicyclic) bond motifs is 2. The van der Waals surface area contributed by atoms with Gasteiger partial charge in [0.05, 0.1) is 28.0 Å². The van der Waals surface area contributed by atoms with Crippen LogP contribution in [0.2, 0.25) is 0 Å². The van der Waals surface area contributed by atoms with Gasteiger partial charge in [0.25, 0.3) is 11.0 Å². The summed E-state index contributed by atoms with van der Waals surface area (Å²) in [6, 6.07) is 27.3. The molecule has 1 unspecified atom stereocenters. The first-order valence-corrected chi connectivity index (χ1v) is 12.2. The van der Waals surface area contributed by atoms with E-state index in [-0.39, 0.29) is 5.92 Å². The summed E-state index contributed by atoms with van der Waals surface area (Å²) in [5, 5.41) is 2.51. The zero-order valence-corrected chi connectivity index (χ0v) is 19.2. The summed E-state index contributed by atoms with van der Waals surface area (Å²) >= 11 is 0. The molecule has 0 radical (unpaired) electrons. The molecule has 35 heavy (non-hydrogen) atoms. The first kappa shape index (κ1) is 21.3. The van der Waals surface area contributed by atoms with E-state index >= 15 is 0 Å². The van der Waals surface area contributed by atoms with E-state index in [1.807, 2.05) is 30.3 Å². The minimum absolute atomic E-state index is 0.0922. The molecule has 1 aliphatic rings. The number of thiol groups is 1. The molecule has 8 heteroatoms. The summed E-state index contributed by atoms with van der Waals surface area (Å²) in [4.78, 5) is 16.7. The Bertz CT molecular complexity index is 1760. The SMILES string of the molecule is C1=CC(c2nc3ccccc3[nH]2)c2cccc3ccc(-c4nc5ccccc5[nH]4)c1c23.O=[SH](=O)O. The average Bonchev–Trinajstić information content (AvgIpc) is 3.48. The summed E-state index contributed by atoms with van der Waals surface area (Å²) in [6.45, 7) is 0. The maximum absolute atomic E-state index is 8.59. The van der Waals surface area contributed by atoms with Gasteiger partial charge in [-0.15, -0.1) is 0 Å². The number of nitrogens with one attached hydrogen (secondary N) is 2. The second-order valence-corrected chi connectivity index (χ2v) is 8.76. The minimum atomic E-state index is -3.12. The van der Waals surface area contributed by atoms with E-state index in [4.69, 9.17) is 22.9 Å². The predicted molar refractivity (Wildman–Crippen MR) is 139 cm³/mol. The molecule has 0 fully saturated rings. The van der Waals surface area contributed by atoms with E-state index in [9.17, 15) is 0 Å². The van der Waals surface area contributed by atoms with Gasteiger partial charge in [-0.2, -0.15) is 0 Å². The van der Waals surface area contributed by atoms with E-state index < -0.39 is 11.0 Å². The van der Waals surface area contributed by atoms with Crippen LogP contribution in [0.5, 0.6) is 0 Å². The van der Waals surface area contributed by atoms with Crippen LogP contribution < -0.4 is 0 Å². The van der Waals surface area contributed by atoms with Crippen molar-refractivity contribution in [1.82, 2.24) is 19.9 Å². The third-order valence-electron chi connectivity index (χ3n) is 6.26. The van der Waals surface area contributed by atoms with Crippen molar-refractivity contribution in [3.05, 3.63) is 102 Å². The molecule has 2 aromatic heterocycles. The van der Waals surface area contributed by atoms with Crippen LogP contribution >= 0.6 is 0 Å². The van der Waals surface area contributed by atoms with Crippen molar-refractivity contribution in [2.45, 2.75) is 5.92 Å². The zero-order chi connectivity index (χ0) is 23.9. The molecular weight excluding hydrogens is 460 g/mol. The standard InChI is InChI=1S/C27H18N4.H2O3S/c1-2-9-22-21(8-1)28-26(29-22)19-13-12-16-6-5-7-17-20(15-14-18(19)25(16)17)27-30-23-10-3-4-11-24(23)31-27;1-4(2)3/h1-15,20H,(H,28,29)(H,30,31);4H,(H,1,2,3). The first-order chi connectivity index (χ1) is 17.1. The molecule has 1 aliphatic carbocycles. The fraction of sp³-hybridized carbons (Fsp3) is 0.0370. The van der Waals surface area contributed by atoms with Gasteiger partial charge in [-0.1, -0.05) is 66.7 Å². The van der Waals surface area contributed by atoms with Crippen molar-refractivity contribution in [3.8, 4) is 11.4 Å². The highest BCUT2D eigenvalue weighted by Gasteiger charge is 2.24. The second-order valence-electron chi connectivity index (χ2n) is 8.29. The van der Waals surface area contributed by atoms with Gasteiger partial charge in [0.2, 0.25) is 0 Å². The van der Waals surface area contributed by atoms with Crippen LogP contribution in [0.15, 0.2) is 84.9 Å². The van der Waals surface area contributed by atoms with E-state index in [2.05, 4.69) is 70.7 Å². The first-order valence-electron chi connectivity index (χ1n) is 11.1. The van der Waals surface area contributed by atoms with Crippen LogP contribution in [0.1, 0.15) is 22.9 Å². The van der Waals surface area contributed by atoms with Crippen LogP contribution in [0, 0.1) is 0 Å². The van der Waals surface area contributed by atoms with Gasteiger partial charge >= 0.3 is 0 Å². The number of aromatic amines is 2. The quantitative estimate of drug-likeness (QED) is 0.193. The topological polar surface area (TPSA) is 112 Å². The highest BCUT2D eigenvalue weighted by atomic mass is 32.2. The Morgan fingerprint density at radius 2 is 1.46 bits per heavy atom. The van der Waals surface area contributed by atoms with Crippen molar-refractivity contribution in [3.63, 3.8) is 0 Å². The Labute approximate surface area is 202 Å². The molecule has 6 aromatic rings. The summed E-state index contributed by atoms with van der Waals surface area (Å²) in [7, 11) is -3.12. The van der Waals surface area contributed by atoms with Crippen LogP contribution in [-0.2, 0) is 11.0 Å². The Kier molecular flexibility index (Phi) is 5.17. The molecule has 0 aliphatic heterocycles. The molecule has 1 atom stereocenters. The minimum Gasteiger partial charge on any atom is -0.341 e. The second kappa shape index (κ2) is 8.50. The maximum Gasteiger partial charge on any atom is 0.254 e. The summed E-state index contributed by atoms with van der Waals surface area (Å²) in [6.07, 6.45) is 4.48. The molecule has 7 nitrogen and oxygen atoms in total. The fourth-order valence-corrected chi connectivity index (χ4v) is 4.81. The monoisotopic (exact) mass is 480 g/mol. The van der Waals surface area contributed by atoms with Gasteiger partial charge in [-0.05, 0) is 46.2 Å². The largest absolute Gasteiger partial charge is 0.341 e. The van der Waals surface area contributed by atoms with Gasteiger partial charge in [0, 0.05) is 5.56 Å². The zero-order valence-electron chi connectivity index (χ0n) is 18.3. The number of imidazole rings is 2. The van der Waals surface area contributed by atoms with Crippen molar-refractivity contribution in [2.75, 3.05) is 0 Å². The average molecular weight is 481 g/mol. The van der Waals surface area contributed by atoms with E-state index in [0.717, 1.165) is 39.3 Å². The number of hydrogen-bond donors (Lipinski definition) is 4. The highest BCUT2D eigenvalue weighted by molar-refractivity contribution is 7.66. The molecule has 7 rings (SSSR count). The lowest BCUT2D eigenvalue weighted by Gasteiger charge is -2.21. The Hall–Kier alpha value is -4.27. The fourth-order valence-electron chi connectivity index (χ4n) is 4.81. The highest BCUT2D eigenvalue weighted by Crippen LogP contribution is 2.41. The number of benzene rings is 4. The molecule has 0 spiro atoms. The smallest absolute Gasteiger partial charge is 0.254 e. The molecule has 0 saturated heterocycles. The molecule has 0 bridgehead atoms. The summed E-state index contributed by atoms with van der Waals surface area (Å²) < 4.78 is 24.2. The molecule has 0 amide bonds. The lowest BCUT2D eigenvalue weighted by Crippen LogP contribution is -2.06. The van der Waals surface area contributed by atoms with E-state index in [0.29, 0.717) is 0 Å². The number of aromatic nitrogens is 4. The Balaban J connectivity index is 0.000000534. The van der Waals surface area contributed by atoms with Crippen molar-refractivity contribution < 1.29 is 13.0 Å². The van der Waals surface area contributed by atoms with Gasteiger partial charge in [0.1, 0.15) is 11.6 Å². The Morgan fingerprint density at radius 3 is 2.17 bits per heavy atom. The van der Waals surface area contributed by atoms with Crippen LogP contribution in [-0.4, -0.2) is 32.9 Å². The molecular formula is C27H20N4O3S. The lowest BCUT2D eigenvalue weighted by molar-refractivity contribution is 0.509. The van der Waals surface area contributed by atoms with Crippen LogP contribution in [0.4, 0.5) is 0 Å². The molecule has 2 heterocycles. The van der Waals surface area contributed by atoms with Gasteiger partial charge < -0.3 is 9.97 Å². The predicted octanol–water partition coefficient (Wildman–Crippen LogP) is 5.49. The van der Waals surface area contributed by atoms with Crippen molar-refractivity contribution >= 4 is 49.9 Å². The normalized spacial score (nSPS) is 14.5. The van der Waals surface area contributed by atoms with Crippen LogP contribution in [0.25, 0.3) is 50.3 Å². The number of rotatable bonds is 2. The number of hydrogen-bond acceptors (Lipinski definition) is 4. The van der Waals surface area contributed by atoms with Crippen LogP contribution in [0.3, 0.4) is 0 Å². The third-order valence-corrected chi connectivity index (χ3v) is 6.26. The van der Waals surface area contributed by atoms with Gasteiger partial charge in [0.15, 0.2) is 0 Å². The molecule has 0 saturated carbocycles. The van der Waals surface area contributed by atoms with Gasteiger partial charge in [-0.3, -0.25) is 4.55 Å². The summed E-state index contributed by atoms with van der Waals surface area (Å²) in [5.41, 5.74) is 7.71. The number of allylic oxidation sites excluding steroid dienone is 1. The van der Waals surface area contributed by atoms with E-state index in [1.54, 1.807) is 0 Å².